The summed E-state index contributed by atoms with van der Waals surface area (Å²) in [4.78, 5) is 13.7. The Hall–Kier alpha value is -1.40. The van der Waals surface area contributed by atoms with E-state index in [-0.39, 0.29) is 11.9 Å². The van der Waals surface area contributed by atoms with Crippen LogP contribution in [0, 0.1) is 0 Å². The molecule has 0 aliphatic carbocycles. The molecule has 6 heteroatoms. The zero-order valence-electron chi connectivity index (χ0n) is 11.4. The molecule has 0 spiro atoms. The zero-order valence-corrected chi connectivity index (χ0v) is 11.4. The van der Waals surface area contributed by atoms with Crippen molar-refractivity contribution in [2.45, 2.75) is 19.9 Å². The molecule has 1 heterocycles. The third-order valence-electron chi connectivity index (χ3n) is 2.90. The number of nitrogens with one attached hydrogen (secondary N) is 1. The third-order valence-corrected chi connectivity index (χ3v) is 2.90. The van der Waals surface area contributed by atoms with Gasteiger partial charge in [-0.25, -0.2) is 0 Å². The van der Waals surface area contributed by atoms with Crippen LogP contribution in [0.1, 0.15) is 25.5 Å². The summed E-state index contributed by atoms with van der Waals surface area (Å²) in [5.41, 5.74) is 6.88. The first-order chi connectivity index (χ1) is 8.62. The van der Waals surface area contributed by atoms with Gasteiger partial charge in [0.05, 0.1) is 18.8 Å². The van der Waals surface area contributed by atoms with Crippen molar-refractivity contribution in [3.8, 4) is 0 Å². The van der Waals surface area contributed by atoms with Crippen molar-refractivity contribution in [3.05, 3.63) is 18.0 Å². The number of aromatic nitrogens is 2. The molecule has 102 valence electrons. The van der Waals surface area contributed by atoms with E-state index in [0.29, 0.717) is 19.6 Å². The maximum absolute atomic E-state index is 11.7. The lowest BCUT2D eigenvalue weighted by Gasteiger charge is -2.28. The van der Waals surface area contributed by atoms with E-state index in [4.69, 9.17) is 5.73 Å². The monoisotopic (exact) mass is 253 g/mol. The minimum absolute atomic E-state index is 0.0293. The van der Waals surface area contributed by atoms with E-state index in [2.05, 4.69) is 15.3 Å². The second-order valence-corrected chi connectivity index (χ2v) is 4.22. The number of carbonyl (C=O) groups is 1. The summed E-state index contributed by atoms with van der Waals surface area (Å²) in [6, 6.07) is 0.0336. The van der Waals surface area contributed by atoms with E-state index in [9.17, 15) is 4.79 Å². The lowest BCUT2D eigenvalue weighted by Crippen LogP contribution is -2.41. The number of amides is 1. The minimum Gasteiger partial charge on any atom is -0.355 e. The Morgan fingerprint density at radius 3 is 2.78 bits per heavy atom. The van der Waals surface area contributed by atoms with Gasteiger partial charge in [0.15, 0.2) is 0 Å². The quantitative estimate of drug-likeness (QED) is 0.710. The van der Waals surface area contributed by atoms with Crippen LogP contribution in [0.4, 0.5) is 0 Å². The SMILES string of the molecule is CCNC(=O)CN(CC)C(CN)c1cnn(C)c1. The second kappa shape index (κ2) is 7.13. The molecule has 0 saturated carbocycles. The maximum Gasteiger partial charge on any atom is 0.234 e. The van der Waals surface area contributed by atoms with E-state index < -0.39 is 0 Å². The number of likely N-dealkylation sites (N-methyl/N-ethyl adjacent to an activating group) is 2. The molecule has 1 aromatic heterocycles. The number of aryl methyl sites for hydroxylation is 1. The summed E-state index contributed by atoms with van der Waals surface area (Å²) in [7, 11) is 1.87. The fourth-order valence-electron chi connectivity index (χ4n) is 1.99. The summed E-state index contributed by atoms with van der Waals surface area (Å²) in [6.45, 7) is 6.19. The summed E-state index contributed by atoms with van der Waals surface area (Å²) in [6.07, 6.45) is 3.75. The predicted molar refractivity (Wildman–Crippen MR) is 70.9 cm³/mol. The van der Waals surface area contributed by atoms with Gasteiger partial charge >= 0.3 is 0 Å². The molecule has 1 rings (SSSR count). The summed E-state index contributed by atoms with van der Waals surface area (Å²) >= 11 is 0. The normalized spacial score (nSPS) is 12.7. The molecule has 18 heavy (non-hydrogen) atoms. The Morgan fingerprint density at radius 2 is 2.33 bits per heavy atom. The standard InChI is InChI=1S/C12H23N5O/c1-4-14-12(18)9-17(5-2)11(6-13)10-7-15-16(3)8-10/h7-8,11H,4-6,9,13H2,1-3H3,(H,14,18). The van der Waals surface area contributed by atoms with Gasteiger partial charge < -0.3 is 11.1 Å². The summed E-state index contributed by atoms with van der Waals surface area (Å²) < 4.78 is 1.75. The smallest absolute Gasteiger partial charge is 0.234 e. The lowest BCUT2D eigenvalue weighted by molar-refractivity contribution is -0.122. The molecular weight excluding hydrogens is 230 g/mol. The second-order valence-electron chi connectivity index (χ2n) is 4.22. The third kappa shape index (κ3) is 3.82. The number of rotatable bonds is 7. The van der Waals surface area contributed by atoms with Gasteiger partial charge in [0.1, 0.15) is 0 Å². The molecule has 1 amide bonds. The molecule has 0 radical (unpaired) electrons. The number of hydrogen-bond donors (Lipinski definition) is 2. The molecular formula is C12H23N5O. The number of hydrogen-bond acceptors (Lipinski definition) is 4. The van der Waals surface area contributed by atoms with E-state index in [0.717, 1.165) is 12.1 Å². The Labute approximate surface area is 108 Å². The fraction of sp³-hybridized carbons (Fsp3) is 0.667. The summed E-state index contributed by atoms with van der Waals surface area (Å²) in [5, 5.41) is 6.96. The van der Waals surface area contributed by atoms with Crippen molar-refractivity contribution in [1.29, 1.82) is 0 Å². The van der Waals surface area contributed by atoms with E-state index >= 15 is 0 Å². The fourth-order valence-corrected chi connectivity index (χ4v) is 1.99. The van der Waals surface area contributed by atoms with Gasteiger partial charge in [0.25, 0.3) is 0 Å². The Kier molecular flexibility index (Phi) is 5.80. The zero-order chi connectivity index (χ0) is 13.5. The van der Waals surface area contributed by atoms with E-state index in [1.807, 2.05) is 27.1 Å². The molecule has 0 aliphatic heterocycles. The number of nitrogens with zero attached hydrogens (tertiary/aromatic N) is 3. The first kappa shape index (κ1) is 14.7. The molecule has 0 aromatic carbocycles. The van der Waals surface area contributed by atoms with Crippen molar-refractivity contribution in [2.75, 3.05) is 26.2 Å². The van der Waals surface area contributed by atoms with Crippen LogP contribution in [-0.2, 0) is 11.8 Å². The van der Waals surface area contributed by atoms with Crippen LogP contribution in [0.2, 0.25) is 0 Å². The van der Waals surface area contributed by atoms with Crippen molar-refractivity contribution in [2.24, 2.45) is 12.8 Å². The van der Waals surface area contributed by atoms with Crippen molar-refractivity contribution in [3.63, 3.8) is 0 Å². The highest BCUT2D eigenvalue weighted by Gasteiger charge is 2.21. The van der Waals surface area contributed by atoms with Gasteiger partial charge in [0, 0.05) is 31.9 Å². The first-order valence-corrected chi connectivity index (χ1v) is 6.31. The van der Waals surface area contributed by atoms with Gasteiger partial charge in [-0.3, -0.25) is 14.4 Å². The van der Waals surface area contributed by atoms with Crippen LogP contribution in [0.15, 0.2) is 12.4 Å². The first-order valence-electron chi connectivity index (χ1n) is 6.31. The highest BCUT2D eigenvalue weighted by atomic mass is 16.2. The Morgan fingerprint density at radius 1 is 1.61 bits per heavy atom. The average Bonchev–Trinajstić information content (AvgIpc) is 2.75. The molecule has 0 saturated heterocycles. The molecule has 3 N–H and O–H groups in total. The van der Waals surface area contributed by atoms with Crippen LogP contribution in [0.5, 0.6) is 0 Å². The van der Waals surface area contributed by atoms with Crippen molar-refractivity contribution in [1.82, 2.24) is 20.0 Å². The van der Waals surface area contributed by atoms with Crippen LogP contribution in [-0.4, -0.2) is 46.8 Å². The van der Waals surface area contributed by atoms with Crippen molar-refractivity contribution < 1.29 is 4.79 Å². The highest BCUT2D eigenvalue weighted by molar-refractivity contribution is 5.78. The molecule has 1 unspecified atom stereocenters. The number of carbonyl (C=O) groups excluding carboxylic acids is 1. The Balaban J connectivity index is 2.74. The minimum atomic E-state index is 0.0293. The van der Waals surface area contributed by atoms with Crippen LogP contribution < -0.4 is 11.1 Å². The number of nitrogens with two attached hydrogens (primary N) is 1. The van der Waals surface area contributed by atoms with Crippen molar-refractivity contribution >= 4 is 5.91 Å². The largest absolute Gasteiger partial charge is 0.355 e. The maximum atomic E-state index is 11.7. The molecule has 0 bridgehead atoms. The van der Waals surface area contributed by atoms with Crippen LogP contribution in [0.25, 0.3) is 0 Å². The van der Waals surface area contributed by atoms with Gasteiger partial charge in [-0.1, -0.05) is 6.92 Å². The van der Waals surface area contributed by atoms with Gasteiger partial charge in [-0.15, -0.1) is 0 Å². The summed E-state index contributed by atoms with van der Waals surface area (Å²) in [5.74, 6) is 0.0293. The lowest BCUT2D eigenvalue weighted by atomic mass is 10.1. The van der Waals surface area contributed by atoms with Gasteiger partial charge in [-0.2, -0.15) is 5.10 Å². The molecule has 6 nitrogen and oxygen atoms in total. The van der Waals surface area contributed by atoms with Crippen LogP contribution >= 0.6 is 0 Å². The predicted octanol–water partition coefficient (Wildman–Crippen LogP) is -0.122. The van der Waals surface area contributed by atoms with Crippen LogP contribution in [0.3, 0.4) is 0 Å². The molecule has 1 aromatic rings. The van der Waals surface area contributed by atoms with E-state index in [1.54, 1.807) is 10.9 Å². The Bertz CT molecular complexity index is 376. The van der Waals surface area contributed by atoms with Gasteiger partial charge in [-0.05, 0) is 13.5 Å². The molecule has 1 atom stereocenters. The molecule has 0 aliphatic rings. The highest BCUT2D eigenvalue weighted by Crippen LogP contribution is 2.18. The average molecular weight is 253 g/mol. The van der Waals surface area contributed by atoms with E-state index in [1.165, 1.54) is 0 Å². The van der Waals surface area contributed by atoms with Gasteiger partial charge in [0.2, 0.25) is 5.91 Å². The molecule has 0 fully saturated rings. The topological polar surface area (TPSA) is 76.2 Å².